The van der Waals surface area contributed by atoms with E-state index >= 15 is 0 Å². The van der Waals surface area contributed by atoms with E-state index in [9.17, 15) is 0 Å². The van der Waals surface area contributed by atoms with Crippen LogP contribution in [-0.4, -0.2) is 24.5 Å². The molecule has 0 aliphatic rings. The van der Waals surface area contributed by atoms with E-state index < -0.39 is 0 Å². The maximum absolute atomic E-state index is 5.67. The summed E-state index contributed by atoms with van der Waals surface area (Å²) in [6.07, 6.45) is 0. The zero-order valence-corrected chi connectivity index (χ0v) is 10.0. The van der Waals surface area contributed by atoms with Crippen LogP contribution in [0, 0.1) is 0 Å². The average molecular weight is 206 g/mol. The van der Waals surface area contributed by atoms with Crippen molar-refractivity contribution >= 4 is 5.69 Å². The number of rotatable bonds is 5. The van der Waals surface area contributed by atoms with E-state index in [2.05, 4.69) is 37.8 Å². The normalized spacial score (nSPS) is 13.1. The number of nitrogens with two attached hydrogens (primary N) is 1. The number of anilines is 1. The van der Waals surface area contributed by atoms with Crippen molar-refractivity contribution < 1.29 is 0 Å². The average Bonchev–Trinajstić information content (AvgIpc) is 2.26. The van der Waals surface area contributed by atoms with Crippen LogP contribution in [0.25, 0.3) is 0 Å². The molecule has 0 bridgehead atoms. The number of hydrogen-bond donors (Lipinski definition) is 1. The first-order valence-corrected chi connectivity index (χ1v) is 5.75. The highest BCUT2D eigenvalue weighted by atomic mass is 15.1. The van der Waals surface area contributed by atoms with Crippen molar-refractivity contribution in [1.29, 1.82) is 0 Å². The summed E-state index contributed by atoms with van der Waals surface area (Å²) in [6, 6.07) is 8.22. The van der Waals surface area contributed by atoms with Gasteiger partial charge in [-0.05, 0) is 36.7 Å². The lowest BCUT2D eigenvalue weighted by molar-refractivity contribution is 0.288. The van der Waals surface area contributed by atoms with Gasteiger partial charge < -0.3 is 10.6 Å². The van der Waals surface area contributed by atoms with Crippen LogP contribution in [0.15, 0.2) is 24.3 Å². The number of nitrogen functional groups attached to an aromatic ring is 1. The maximum Gasteiger partial charge on any atom is 0.0314 e. The molecule has 15 heavy (non-hydrogen) atoms. The van der Waals surface area contributed by atoms with Gasteiger partial charge in [0.25, 0.3) is 0 Å². The number of nitrogens with zero attached hydrogens (tertiary/aromatic N) is 1. The summed E-state index contributed by atoms with van der Waals surface area (Å²) in [7, 11) is 0. The zero-order valence-electron chi connectivity index (χ0n) is 10.0. The standard InChI is InChI=1S/C13H22N2/c1-4-15(5-2)10-11(3)12-6-8-13(14)9-7-12/h6-9,11H,4-5,10,14H2,1-3H3. The van der Waals surface area contributed by atoms with Gasteiger partial charge in [-0.1, -0.05) is 32.9 Å². The molecule has 1 aromatic rings. The molecule has 0 aliphatic carbocycles. The third kappa shape index (κ3) is 3.56. The summed E-state index contributed by atoms with van der Waals surface area (Å²) in [4.78, 5) is 2.45. The quantitative estimate of drug-likeness (QED) is 0.751. The third-order valence-electron chi connectivity index (χ3n) is 2.93. The Kier molecular flexibility index (Phi) is 4.63. The van der Waals surface area contributed by atoms with Crippen LogP contribution in [0.1, 0.15) is 32.3 Å². The van der Waals surface area contributed by atoms with Crippen molar-refractivity contribution in [3.63, 3.8) is 0 Å². The monoisotopic (exact) mass is 206 g/mol. The molecule has 1 aromatic carbocycles. The van der Waals surface area contributed by atoms with E-state index in [0.717, 1.165) is 25.3 Å². The van der Waals surface area contributed by atoms with E-state index in [-0.39, 0.29) is 0 Å². The van der Waals surface area contributed by atoms with Gasteiger partial charge in [0.2, 0.25) is 0 Å². The number of likely N-dealkylation sites (N-methyl/N-ethyl adjacent to an activating group) is 1. The van der Waals surface area contributed by atoms with E-state index in [4.69, 9.17) is 5.73 Å². The van der Waals surface area contributed by atoms with Crippen LogP contribution in [0.3, 0.4) is 0 Å². The first-order chi connectivity index (χ1) is 7.17. The van der Waals surface area contributed by atoms with Crippen LogP contribution in [0.5, 0.6) is 0 Å². The van der Waals surface area contributed by atoms with Crippen molar-refractivity contribution in [2.24, 2.45) is 0 Å². The van der Waals surface area contributed by atoms with E-state index in [0.29, 0.717) is 5.92 Å². The molecule has 0 fully saturated rings. The Morgan fingerprint density at radius 3 is 2.13 bits per heavy atom. The third-order valence-corrected chi connectivity index (χ3v) is 2.93. The molecule has 0 radical (unpaired) electrons. The minimum atomic E-state index is 0.575. The predicted molar refractivity (Wildman–Crippen MR) is 67.1 cm³/mol. The van der Waals surface area contributed by atoms with Gasteiger partial charge in [-0.2, -0.15) is 0 Å². The smallest absolute Gasteiger partial charge is 0.0314 e. The molecule has 0 heterocycles. The van der Waals surface area contributed by atoms with Crippen LogP contribution < -0.4 is 5.73 Å². The molecule has 0 aromatic heterocycles. The highest BCUT2D eigenvalue weighted by Gasteiger charge is 2.08. The Hall–Kier alpha value is -1.02. The van der Waals surface area contributed by atoms with Gasteiger partial charge in [0.05, 0.1) is 0 Å². The summed E-state index contributed by atoms with van der Waals surface area (Å²) < 4.78 is 0. The molecular formula is C13H22N2. The van der Waals surface area contributed by atoms with Gasteiger partial charge in [0.15, 0.2) is 0 Å². The topological polar surface area (TPSA) is 29.3 Å². The molecule has 2 heteroatoms. The summed E-state index contributed by atoms with van der Waals surface area (Å²) in [5.41, 5.74) is 7.88. The number of benzene rings is 1. The summed E-state index contributed by atoms with van der Waals surface area (Å²) in [5, 5.41) is 0. The minimum absolute atomic E-state index is 0.575. The Balaban J connectivity index is 2.60. The van der Waals surface area contributed by atoms with Crippen LogP contribution in [0.2, 0.25) is 0 Å². The molecule has 84 valence electrons. The maximum atomic E-state index is 5.67. The van der Waals surface area contributed by atoms with Gasteiger partial charge in [0.1, 0.15) is 0 Å². The lowest BCUT2D eigenvalue weighted by atomic mass is 10.0. The van der Waals surface area contributed by atoms with Crippen molar-refractivity contribution in [2.75, 3.05) is 25.4 Å². The molecule has 1 rings (SSSR count). The predicted octanol–water partition coefficient (Wildman–Crippen LogP) is 2.71. The second-order valence-electron chi connectivity index (χ2n) is 4.05. The Morgan fingerprint density at radius 1 is 1.13 bits per heavy atom. The molecule has 0 saturated heterocycles. The Morgan fingerprint density at radius 2 is 1.67 bits per heavy atom. The van der Waals surface area contributed by atoms with Gasteiger partial charge in [0, 0.05) is 12.2 Å². The molecule has 1 unspecified atom stereocenters. The summed E-state index contributed by atoms with van der Waals surface area (Å²) >= 11 is 0. The molecule has 0 saturated carbocycles. The molecule has 1 atom stereocenters. The molecule has 0 amide bonds. The fourth-order valence-corrected chi connectivity index (χ4v) is 1.80. The first-order valence-electron chi connectivity index (χ1n) is 5.75. The second kappa shape index (κ2) is 5.76. The van der Waals surface area contributed by atoms with Gasteiger partial charge in [-0.15, -0.1) is 0 Å². The fraction of sp³-hybridized carbons (Fsp3) is 0.538. The van der Waals surface area contributed by atoms with Crippen molar-refractivity contribution in [1.82, 2.24) is 4.90 Å². The lowest BCUT2D eigenvalue weighted by Gasteiger charge is -2.22. The van der Waals surface area contributed by atoms with Gasteiger partial charge >= 0.3 is 0 Å². The van der Waals surface area contributed by atoms with E-state index in [1.165, 1.54) is 5.56 Å². The van der Waals surface area contributed by atoms with Gasteiger partial charge in [-0.25, -0.2) is 0 Å². The Bertz CT molecular complexity index is 275. The molecule has 0 spiro atoms. The minimum Gasteiger partial charge on any atom is -0.399 e. The fourth-order valence-electron chi connectivity index (χ4n) is 1.80. The zero-order chi connectivity index (χ0) is 11.3. The SMILES string of the molecule is CCN(CC)CC(C)c1ccc(N)cc1. The Labute approximate surface area is 93.1 Å². The number of hydrogen-bond acceptors (Lipinski definition) is 2. The molecular weight excluding hydrogens is 184 g/mol. The second-order valence-corrected chi connectivity index (χ2v) is 4.05. The van der Waals surface area contributed by atoms with Crippen LogP contribution in [0.4, 0.5) is 5.69 Å². The molecule has 2 N–H and O–H groups in total. The summed E-state index contributed by atoms with van der Waals surface area (Å²) in [5.74, 6) is 0.575. The largest absolute Gasteiger partial charge is 0.399 e. The highest BCUT2D eigenvalue weighted by molar-refractivity contribution is 5.40. The van der Waals surface area contributed by atoms with Crippen molar-refractivity contribution in [3.05, 3.63) is 29.8 Å². The highest BCUT2D eigenvalue weighted by Crippen LogP contribution is 2.17. The van der Waals surface area contributed by atoms with Crippen molar-refractivity contribution in [2.45, 2.75) is 26.7 Å². The molecule has 2 nitrogen and oxygen atoms in total. The molecule has 0 aliphatic heterocycles. The van der Waals surface area contributed by atoms with Gasteiger partial charge in [-0.3, -0.25) is 0 Å². The lowest BCUT2D eigenvalue weighted by Crippen LogP contribution is -2.27. The first kappa shape index (κ1) is 12.1. The van der Waals surface area contributed by atoms with E-state index in [1.807, 2.05) is 12.1 Å². The van der Waals surface area contributed by atoms with E-state index in [1.54, 1.807) is 0 Å². The van der Waals surface area contributed by atoms with Crippen molar-refractivity contribution in [3.8, 4) is 0 Å². The van der Waals surface area contributed by atoms with Crippen LogP contribution in [-0.2, 0) is 0 Å². The van der Waals surface area contributed by atoms with Crippen LogP contribution >= 0.6 is 0 Å². The summed E-state index contributed by atoms with van der Waals surface area (Å²) in [6.45, 7) is 10.0.